The van der Waals surface area contributed by atoms with Gasteiger partial charge in [-0.3, -0.25) is 0 Å². The van der Waals surface area contributed by atoms with E-state index in [4.69, 9.17) is 4.74 Å². The van der Waals surface area contributed by atoms with Crippen LogP contribution in [0.1, 0.15) is 44.1 Å². The smallest absolute Gasteiger partial charge is 0.244 e. The molecule has 0 radical (unpaired) electrons. The highest BCUT2D eigenvalue weighted by Gasteiger charge is 2.13. The van der Waals surface area contributed by atoms with Gasteiger partial charge in [0.1, 0.15) is 5.75 Å². The van der Waals surface area contributed by atoms with E-state index in [2.05, 4.69) is 37.9 Å². The van der Waals surface area contributed by atoms with E-state index < -0.39 is 0 Å². The summed E-state index contributed by atoms with van der Waals surface area (Å²) < 4.78 is 5.26. The van der Waals surface area contributed by atoms with Crippen molar-refractivity contribution in [3.8, 4) is 5.75 Å². The van der Waals surface area contributed by atoms with Crippen LogP contribution in [0.4, 0.5) is 11.8 Å². The largest absolute Gasteiger partial charge is 0.497 e. The highest BCUT2D eigenvalue weighted by Crippen LogP contribution is 2.20. The molecule has 3 rings (SSSR count). The molecule has 2 N–H and O–H groups in total. The number of nitrogens with one attached hydrogen (secondary N) is 2. The van der Waals surface area contributed by atoms with Crippen LogP contribution < -0.4 is 15.4 Å². The molecule has 134 valence electrons. The third kappa shape index (κ3) is 5.59. The maximum absolute atomic E-state index is 5.26. The van der Waals surface area contributed by atoms with Crippen LogP contribution in [0, 0.1) is 0 Å². The summed E-state index contributed by atoms with van der Waals surface area (Å²) >= 11 is 0. The first-order valence-electron chi connectivity index (χ1n) is 9.16. The lowest BCUT2D eigenvalue weighted by molar-refractivity contribution is 0.414. The van der Waals surface area contributed by atoms with Gasteiger partial charge in [0.05, 0.1) is 13.3 Å². The normalized spacial score (nSPS) is 15.4. The van der Waals surface area contributed by atoms with E-state index in [0.29, 0.717) is 12.0 Å². The third-order valence-electron chi connectivity index (χ3n) is 4.60. The Morgan fingerprint density at radius 2 is 2.00 bits per heavy atom. The average Bonchev–Trinajstić information content (AvgIpc) is 2.91. The third-order valence-corrected chi connectivity index (χ3v) is 4.60. The predicted octanol–water partition coefficient (Wildman–Crippen LogP) is 3.67. The fraction of sp³-hybridized carbons (Fsp3) is 0.526. The summed E-state index contributed by atoms with van der Waals surface area (Å²) in [6.07, 6.45) is 10.2. The number of benzene rings is 1. The summed E-state index contributed by atoms with van der Waals surface area (Å²) in [6, 6.07) is 8.59. The first kappa shape index (κ1) is 17.5. The van der Waals surface area contributed by atoms with Gasteiger partial charge >= 0.3 is 0 Å². The molecule has 25 heavy (non-hydrogen) atoms. The van der Waals surface area contributed by atoms with Crippen LogP contribution in [-0.4, -0.2) is 34.9 Å². The van der Waals surface area contributed by atoms with Gasteiger partial charge in [0, 0.05) is 12.6 Å². The monoisotopic (exact) mass is 341 g/mol. The lowest BCUT2D eigenvalue weighted by Crippen LogP contribution is -2.20. The Labute approximate surface area is 149 Å². The molecular weight excluding hydrogens is 314 g/mol. The standard InChI is InChI=1S/C19H27N5O/c1-25-17-10-6-7-15(13-17)11-12-20-18-14-21-24-19(23-18)22-16-8-4-2-3-5-9-16/h6-7,10,13-14,16H,2-5,8-9,11-12H2,1H3,(H2,20,22,23,24). The van der Waals surface area contributed by atoms with Crippen molar-refractivity contribution in [2.45, 2.75) is 51.0 Å². The molecular formula is C19H27N5O. The number of nitrogens with zero attached hydrogens (tertiary/aromatic N) is 3. The van der Waals surface area contributed by atoms with Crippen LogP contribution in [0.25, 0.3) is 0 Å². The molecule has 2 aromatic rings. The van der Waals surface area contributed by atoms with Crippen molar-refractivity contribution in [1.82, 2.24) is 15.2 Å². The van der Waals surface area contributed by atoms with Crippen LogP contribution in [0.2, 0.25) is 0 Å². The Morgan fingerprint density at radius 3 is 2.80 bits per heavy atom. The minimum absolute atomic E-state index is 0.469. The number of anilines is 2. The maximum atomic E-state index is 5.26. The summed E-state index contributed by atoms with van der Waals surface area (Å²) in [7, 11) is 1.69. The molecule has 0 aliphatic heterocycles. The Balaban J connectivity index is 1.50. The number of rotatable bonds is 7. The van der Waals surface area contributed by atoms with Crippen LogP contribution in [-0.2, 0) is 6.42 Å². The molecule has 1 heterocycles. The van der Waals surface area contributed by atoms with Gasteiger partial charge in [0.25, 0.3) is 0 Å². The van der Waals surface area contributed by atoms with Gasteiger partial charge in [-0.1, -0.05) is 37.8 Å². The Bertz CT molecular complexity index is 656. The van der Waals surface area contributed by atoms with Crippen molar-refractivity contribution in [3.63, 3.8) is 0 Å². The highest BCUT2D eigenvalue weighted by atomic mass is 16.5. The Kier molecular flexibility index (Phi) is 6.42. The second kappa shape index (κ2) is 9.20. The molecule has 1 aliphatic rings. The molecule has 1 fully saturated rings. The van der Waals surface area contributed by atoms with Crippen molar-refractivity contribution in [1.29, 1.82) is 0 Å². The van der Waals surface area contributed by atoms with Gasteiger partial charge in [-0.2, -0.15) is 10.1 Å². The fourth-order valence-corrected chi connectivity index (χ4v) is 3.22. The van der Waals surface area contributed by atoms with Crippen molar-refractivity contribution >= 4 is 11.8 Å². The predicted molar refractivity (Wildman–Crippen MR) is 100 cm³/mol. The van der Waals surface area contributed by atoms with Crippen molar-refractivity contribution in [2.75, 3.05) is 24.3 Å². The second-order valence-electron chi connectivity index (χ2n) is 6.53. The average molecular weight is 341 g/mol. The number of hydrogen-bond acceptors (Lipinski definition) is 6. The SMILES string of the molecule is COc1cccc(CCNc2cnnc(NC3CCCCCC3)n2)c1. The summed E-state index contributed by atoms with van der Waals surface area (Å²) in [6.45, 7) is 0.786. The minimum atomic E-state index is 0.469. The van der Waals surface area contributed by atoms with E-state index >= 15 is 0 Å². The molecule has 0 spiro atoms. The maximum Gasteiger partial charge on any atom is 0.244 e. The molecule has 1 aliphatic carbocycles. The van der Waals surface area contributed by atoms with Crippen molar-refractivity contribution in [3.05, 3.63) is 36.0 Å². The summed E-state index contributed by atoms with van der Waals surface area (Å²) in [5, 5.41) is 15.0. The van der Waals surface area contributed by atoms with Gasteiger partial charge in [0.2, 0.25) is 5.95 Å². The second-order valence-corrected chi connectivity index (χ2v) is 6.53. The summed E-state index contributed by atoms with van der Waals surface area (Å²) in [4.78, 5) is 4.54. The Hall–Kier alpha value is -2.37. The number of methoxy groups -OCH3 is 1. The first-order valence-corrected chi connectivity index (χ1v) is 9.16. The molecule has 0 saturated heterocycles. The van der Waals surface area contributed by atoms with Gasteiger partial charge in [0.15, 0.2) is 5.82 Å². The zero-order valence-corrected chi connectivity index (χ0v) is 14.9. The van der Waals surface area contributed by atoms with Crippen LogP contribution in [0.5, 0.6) is 5.75 Å². The highest BCUT2D eigenvalue weighted by molar-refractivity contribution is 5.38. The van der Waals surface area contributed by atoms with Gasteiger partial charge in [-0.15, -0.1) is 5.10 Å². The number of aromatic nitrogens is 3. The van der Waals surface area contributed by atoms with Crippen molar-refractivity contribution < 1.29 is 4.74 Å². The summed E-state index contributed by atoms with van der Waals surface area (Å²) in [5.41, 5.74) is 1.23. The number of ether oxygens (including phenoxy) is 1. The van der Waals surface area contributed by atoms with E-state index in [1.54, 1.807) is 13.3 Å². The molecule has 1 saturated carbocycles. The van der Waals surface area contributed by atoms with Gasteiger partial charge < -0.3 is 15.4 Å². The van der Waals surface area contributed by atoms with Crippen LogP contribution >= 0.6 is 0 Å². The number of hydrogen-bond donors (Lipinski definition) is 2. The van der Waals surface area contributed by atoms with E-state index in [1.165, 1.54) is 44.1 Å². The fourth-order valence-electron chi connectivity index (χ4n) is 3.22. The van der Waals surface area contributed by atoms with E-state index in [-0.39, 0.29) is 0 Å². The zero-order chi connectivity index (χ0) is 17.3. The van der Waals surface area contributed by atoms with Crippen molar-refractivity contribution in [2.24, 2.45) is 0 Å². The molecule has 6 heteroatoms. The molecule has 0 atom stereocenters. The van der Waals surface area contributed by atoms with E-state index in [9.17, 15) is 0 Å². The molecule has 1 aromatic carbocycles. The lowest BCUT2D eigenvalue weighted by Gasteiger charge is -2.16. The zero-order valence-electron chi connectivity index (χ0n) is 14.9. The first-order chi connectivity index (χ1) is 12.3. The van der Waals surface area contributed by atoms with Gasteiger partial charge in [-0.25, -0.2) is 0 Å². The molecule has 6 nitrogen and oxygen atoms in total. The van der Waals surface area contributed by atoms with Crippen LogP contribution in [0.3, 0.4) is 0 Å². The summed E-state index contributed by atoms with van der Waals surface area (Å²) in [5.74, 6) is 2.27. The molecule has 1 aromatic heterocycles. The van der Waals surface area contributed by atoms with E-state index in [0.717, 1.165) is 24.5 Å². The lowest BCUT2D eigenvalue weighted by atomic mass is 10.1. The minimum Gasteiger partial charge on any atom is -0.497 e. The quantitative estimate of drug-likeness (QED) is 0.749. The topological polar surface area (TPSA) is 72.0 Å². The van der Waals surface area contributed by atoms with Gasteiger partial charge in [-0.05, 0) is 37.0 Å². The van der Waals surface area contributed by atoms with E-state index in [1.807, 2.05) is 12.1 Å². The molecule has 0 amide bonds. The Morgan fingerprint density at radius 1 is 1.16 bits per heavy atom. The molecule has 0 bridgehead atoms. The molecule has 0 unspecified atom stereocenters. The van der Waals surface area contributed by atoms with Crippen LogP contribution in [0.15, 0.2) is 30.5 Å².